The van der Waals surface area contributed by atoms with Crippen LogP contribution in [0.5, 0.6) is 0 Å². The maximum Gasteiger partial charge on any atom is 0.338 e. The van der Waals surface area contributed by atoms with Gasteiger partial charge >= 0.3 is 5.97 Å². The van der Waals surface area contributed by atoms with Gasteiger partial charge in [0.05, 0.1) is 17.6 Å². The van der Waals surface area contributed by atoms with E-state index in [0.29, 0.717) is 23.0 Å². The minimum absolute atomic E-state index is 0.0339. The third-order valence-corrected chi connectivity index (χ3v) is 6.46. The van der Waals surface area contributed by atoms with Crippen LogP contribution in [0.1, 0.15) is 41.6 Å². The number of benzene rings is 1. The van der Waals surface area contributed by atoms with E-state index < -0.39 is 16.0 Å². The minimum Gasteiger partial charge on any atom is -0.465 e. The Morgan fingerprint density at radius 3 is 2.64 bits per heavy atom. The van der Waals surface area contributed by atoms with Crippen molar-refractivity contribution < 1.29 is 17.9 Å². The van der Waals surface area contributed by atoms with Crippen molar-refractivity contribution in [3.05, 3.63) is 29.3 Å². The molecule has 6 heteroatoms. The summed E-state index contributed by atoms with van der Waals surface area (Å²) in [6, 6.07) is 4.61. The van der Waals surface area contributed by atoms with E-state index in [1.807, 2.05) is 0 Å². The van der Waals surface area contributed by atoms with Crippen molar-refractivity contribution in [2.75, 3.05) is 7.11 Å². The van der Waals surface area contributed by atoms with Crippen molar-refractivity contribution in [3.63, 3.8) is 0 Å². The molecule has 1 N–H and O–H groups in total. The topological polar surface area (TPSA) is 72.5 Å². The van der Waals surface area contributed by atoms with Gasteiger partial charge in [-0.25, -0.2) is 17.9 Å². The molecule has 0 saturated heterocycles. The molecule has 0 heterocycles. The van der Waals surface area contributed by atoms with Crippen LogP contribution >= 0.6 is 0 Å². The molecule has 3 atom stereocenters. The fourth-order valence-electron chi connectivity index (χ4n) is 3.75. The fourth-order valence-corrected chi connectivity index (χ4v) is 5.10. The fraction of sp³-hybridized carbons (Fsp3) is 0.562. The lowest BCUT2D eigenvalue weighted by atomic mass is 9.96. The molecule has 120 valence electrons. The van der Waals surface area contributed by atoms with E-state index in [0.717, 1.165) is 19.3 Å². The molecule has 0 amide bonds. The van der Waals surface area contributed by atoms with Crippen LogP contribution in [0.15, 0.2) is 23.1 Å². The van der Waals surface area contributed by atoms with Gasteiger partial charge in [-0.05, 0) is 55.7 Å². The van der Waals surface area contributed by atoms with Crippen molar-refractivity contribution >= 4 is 16.0 Å². The zero-order valence-corrected chi connectivity index (χ0v) is 13.7. The van der Waals surface area contributed by atoms with Crippen LogP contribution in [0.3, 0.4) is 0 Å². The van der Waals surface area contributed by atoms with Gasteiger partial charge in [-0.15, -0.1) is 0 Å². The Hall–Kier alpha value is -1.40. The van der Waals surface area contributed by atoms with Gasteiger partial charge in [0.1, 0.15) is 0 Å². The summed E-state index contributed by atoms with van der Waals surface area (Å²) in [4.78, 5) is 11.9. The smallest absolute Gasteiger partial charge is 0.338 e. The Morgan fingerprint density at radius 1 is 1.27 bits per heavy atom. The van der Waals surface area contributed by atoms with Crippen LogP contribution in [0, 0.1) is 18.8 Å². The van der Waals surface area contributed by atoms with Crippen molar-refractivity contribution in [2.24, 2.45) is 11.8 Å². The maximum absolute atomic E-state index is 12.6. The summed E-state index contributed by atoms with van der Waals surface area (Å²) in [7, 11) is -2.32. The van der Waals surface area contributed by atoms with Gasteiger partial charge in [-0.1, -0.05) is 12.5 Å². The van der Waals surface area contributed by atoms with Gasteiger partial charge in [0.15, 0.2) is 0 Å². The summed E-state index contributed by atoms with van der Waals surface area (Å²) in [6.07, 6.45) is 4.40. The lowest BCUT2D eigenvalue weighted by Gasteiger charge is -2.22. The molecule has 3 rings (SSSR count). The van der Waals surface area contributed by atoms with Crippen LogP contribution in [0.2, 0.25) is 0 Å². The summed E-state index contributed by atoms with van der Waals surface area (Å²) in [5.74, 6) is 0.612. The Kier molecular flexibility index (Phi) is 3.99. The highest BCUT2D eigenvalue weighted by atomic mass is 32.2. The van der Waals surface area contributed by atoms with Crippen LogP contribution in [0.25, 0.3) is 0 Å². The van der Waals surface area contributed by atoms with Gasteiger partial charge in [0.25, 0.3) is 0 Å². The number of hydrogen-bond acceptors (Lipinski definition) is 4. The number of carbonyl (C=O) groups excluding carboxylic acids is 1. The summed E-state index contributed by atoms with van der Waals surface area (Å²) in [6.45, 7) is 1.76. The molecule has 3 unspecified atom stereocenters. The summed E-state index contributed by atoms with van der Waals surface area (Å²) in [5, 5.41) is 0. The number of esters is 1. The van der Waals surface area contributed by atoms with Gasteiger partial charge in [0.2, 0.25) is 10.0 Å². The van der Waals surface area contributed by atoms with Crippen molar-refractivity contribution in [1.82, 2.24) is 4.72 Å². The second-order valence-electron chi connectivity index (χ2n) is 6.37. The molecule has 2 bridgehead atoms. The first-order chi connectivity index (χ1) is 10.4. The Morgan fingerprint density at radius 2 is 2.05 bits per heavy atom. The van der Waals surface area contributed by atoms with Gasteiger partial charge in [0, 0.05) is 6.04 Å². The number of ether oxygens (including phenoxy) is 1. The Bertz CT molecular complexity index is 698. The van der Waals surface area contributed by atoms with Crippen LogP contribution < -0.4 is 4.72 Å². The first-order valence-electron chi connectivity index (χ1n) is 7.62. The Labute approximate surface area is 131 Å². The Balaban J connectivity index is 1.84. The van der Waals surface area contributed by atoms with Gasteiger partial charge in [-0.3, -0.25) is 0 Å². The maximum atomic E-state index is 12.6. The predicted molar refractivity (Wildman–Crippen MR) is 82.1 cm³/mol. The van der Waals surface area contributed by atoms with Crippen molar-refractivity contribution in [1.29, 1.82) is 0 Å². The number of carbonyl (C=O) groups is 1. The highest BCUT2D eigenvalue weighted by molar-refractivity contribution is 7.89. The second-order valence-corrected chi connectivity index (χ2v) is 8.08. The SMILES string of the molecule is COC(=O)c1cc(S(=O)(=O)NC2CC3CCC2C3)ccc1C. The van der Waals surface area contributed by atoms with Gasteiger partial charge < -0.3 is 4.74 Å². The van der Waals surface area contributed by atoms with E-state index in [1.54, 1.807) is 13.0 Å². The average Bonchev–Trinajstić information content (AvgIpc) is 3.08. The first-order valence-corrected chi connectivity index (χ1v) is 9.10. The zero-order valence-electron chi connectivity index (χ0n) is 12.8. The molecule has 1 aromatic carbocycles. The summed E-state index contributed by atoms with van der Waals surface area (Å²) >= 11 is 0. The lowest BCUT2D eigenvalue weighted by Crippen LogP contribution is -2.38. The van der Waals surface area contributed by atoms with Crippen LogP contribution in [0.4, 0.5) is 0 Å². The molecule has 2 aliphatic carbocycles. The zero-order chi connectivity index (χ0) is 15.9. The lowest BCUT2D eigenvalue weighted by molar-refractivity contribution is 0.0599. The highest BCUT2D eigenvalue weighted by Gasteiger charge is 2.41. The molecule has 1 aromatic rings. The minimum atomic E-state index is -3.60. The highest BCUT2D eigenvalue weighted by Crippen LogP contribution is 2.44. The monoisotopic (exact) mass is 323 g/mol. The number of fused-ring (bicyclic) bond motifs is 2. The predicted octanol–water partition coefficient (Wildman–Crippen LogP) is 2.25. The average molecular weight is 323 g/mol. The molecule has 0 spiro atoms. The number of hydrogen-bond donors (Lipinski definition) is 1. The van der Waals surface area contributed by atoms with E-state index in [1.165, 1.54) is 25.7 Å². The van der Waals surface area contributed by atoms with E-state index >= 15 is 0 Å². The largest absolute Gasteiger partial charge is 0.465 e. The third-order valence-electron chi connectivity index (χ3n) is 4.97. The molecule has 2 saturated carbocycles. The summed E-state index contributed by atoms with van der Waals surface area (Å²) in [5.41, 5.74) is 0.990. The van der Waals surface area contributed by atoms with Gasteiger partial charge in [-0.2, -0.15) is 0 Å². The molecular weight excluding hydrogens is 302 g/mol. The molecule has 2 aliphatic rings. The number of nitrogens with one attached hydrogen (secondary N) is 1. The van der Waals surface area contributed by atoms with Crippen LogP contribution in [-0.4, -0.2) is 27.5 Å². The quantitative estimate of drug-likeness (QED) is 0.863. The van der Waals surface area contributed by atoms with Crippen LogP contribution in [-0.2, 0) is 14.8 Å². The van der Waals surface area contributed by atoms with Crippen molar-refractivity contribution in [2.45, 2.75) is 43.5 Å². The van der Waals surface area contributed by atoms with Crippen molar-refractivity contribution in [3.8, 4) is 0 Å². The van der Waals surface area contributed by atoms with E-state index in [2.05, 4.69) is 4.72 Å². The van der Waals surface area contributed by atoms with E-state index in [4.69, 9.17) is 4.74 Å². The van der Waals surface area contributed by atoms with E-state index in [-0.39, 0.29) is 10.9 Å². The number of methoxy groups -OCH3 is 1. The molecule has 5 nitrogen and oxygen atoms in total. The third kappa shape index (κ3) is 2.77. The standard InChI is InChI=1S/C16H21NO4S/c1-10-3-6-13(9-14(10)16(18)21-2)22(19,20)17-15-8-11-4-5-12(15)7-11/h3,6,9,11-12,15,17H,4-5,7-8H2,1-2H3. The molecular formula is C16H21NO4S. The number of aryl methyl sites for hydroxylation is 1. The normalized spacial score (nSPS) is 27.1. The molecule has 0 aliphatic heterocycles. The first kappa shape index (κ1) is 15.5. The molecule has 22 heavy (non-hydrogen) atoms. The number of sulfonamides is 1. The molecule has 2 fully saturated rings. The molecule has 0 aromatic heterocycles. The summed E-state index contributed by atoms with van der Waals surface area (Å²) < 4.78 is 32.7. The molecule has 0 radical (unpaired) electrons. The second kappa shape index (κ2) is 5.66. The number of rotatable bonds is 4. The van der Waals surface area contributed by atoms with E-state index in [9.17, 15) is 13.2 Å².